The number of esters is 1. The standard InChI is InChI=1S/C8H15NO2/c1-6(2)8(10)11-5-7(3)4-9/h7H,1,4-5,9H2,2-3H3. The molecule has 0 saturated carbocycles. The highest BCUT2D eigenvalue weighted by Crippen LogP contribution is 1.96. The van der Waals surface area contributed by atoms with E-state index in [-0.39, 0.29) is 11.9 Å². The topological polar surface area (TPSA) is 52.3 Å². The molecule has 0 amide bonds. The number of carbonyl (C=O) groups excluding carboxylic acids is 1. The third-order valence-electron chi connectivity index (χ3n) is 1.25. The molecule has 0 rings (SSSR count). The van der Waals surface area contributed by atoms with Crippen LogP contribution in [0.3, 0.4) is 0 Å². The maximum Gasteiger partial charge on any atom is 0.333 e. The van der Waals surface area contributed by atoms with E-state index in [9.17, 15) is 4.79 Å². The quantitative estimate of drug-likeness (QED) is 0.482. The van der Waals surface area contributed by atoms with Crippen LogP contribution < -0.4 is 5.73 Å². The van der Waals surface area contributed by atoms with Crippen LogP contribution in [0, 0.1) is 5.92 Å². The van der Waals surface area contributed by atoms with Crippen molar-refractivity contribution in [1.82, 2.24) is 0 Å². The number of ether oxygens (including phenoxy) is 1. The van der Waals surface area contributed by atoms with E-state index in [2.05, 4.69) is 6.58 Å². The molecule has 0 aromatic heterocycles. The van der Waals surface area contributed by atoms with Crippen LogP contribution >= 0.6 is 0 Å². The van der Waals surface area contributed by atoms with Gasteiger partial charge in [-0.1, -0.05) is 13.5 Å². The van der Waals surface area contributed by atoms with Gasteiger partial charge >= 0.3 is 5.97 Å². The molecule has 0 aliphatic rings. The van der Waals surface area contributed by atoms with Crippen molar-refractivity contribution in [2.24, 2.45) is 11.7 Å². The summed E-state index contributed by atoms with van der Waals surface area (Å²) in [5.41, 5.74) is 5.75. The fourth-order valence-electron chi connectivity index (χ4n) is 0.409. The Morgan fingerprint density at radius 1 is 1.73 bits per heavy atom. The fraction of sp³-hybridized carbons (Fsp3) is 0.625. The van der Waals surface area contributed by atoms with Gasteiger partial charge in [-0.05, 0) is 13.5 Å². The Morgan fingerprint density at radius 3 is 2.64 bits per heavy atom. The first kappa shape index (κ1) is 10.2. The highest BCUT2D eigenvalue weighted by Gasteiger charge is 2.05. The number of hydrogen-bond acceptors (Lipinski definition) is 3. The van der Waals surface area contributed by atoms with Crippen LogP contribution in [0.2, 0.25) is 0 Å². The minimum atomic E-state index is -0.342. The third kappa shape index (κ3) is 4.56. The van der Waals surface area contributed by atoms with E-state index in [1.54, 1.807) is 6.92 Å². The first-order valence-electron chi connectivity index (χ1n) is 3.60. The van der Waals surface area contributed by atoms with Gasteiger partial charge in [0.1, 0.15) is 0 Å². The Labute approximate surface area is 67.2 Å². The van der Waals surface area contributed by atoms with Gasteiger partial charge in [0.15, 0.2) is 0 Å². The highest BCUT2D eigenvalue weighted by molar-refractivity contribution is 5.86. The lowest BCUT2D eigenvalue weighted by atomic mass is 10.2. The number of nitrogens with two attached hydrogens (primary N) is 1. The van der Waals surface area contributed by atoms with Crippen LogP contribution in [0.15, 0.2) is 12.2 Å². The van der Waals surface area contributed by atoms with Gasteiger partial charge in [0.05, 0.1) is 6.61 Å². The summed E-state index contributed by atoms with van der Waals surface area (Å²) in [5, 5.41) is 0. The van der Waals surface area contributed by atoms with Gasteiger partial charge in [0.2, 0.25) is 0 Å². The van der Waals surface area contributed by atoms with Gasteiger partial charge in [-0.25, -0.2) is 4.79 Å². The van der Waals surface area contributed by atoms with Crippen LogP contribution in [-0.4, -0.2) is 19.1 Å². The second kappa shape index (κ2) is 4.91. The fourth-order valence-corrected chi connectivity index (χ4v) is 0.409. The second-order valence-electron chi connectivity index (χ2n) is 2.72. The molecule has 3 heteroatoms. The predicted octanol–water partition coefficient (Wildman–Crippen LogP) is 0.701. The molecule has 0 fully saturated rings. The van der Waals surface area contributed by atoms with E-state index in [1.807, 2.05) is 6.92 Å². The van der Waals surface area contributed by atoms with Crippen molar-refractivity contribution in [1.29, 1.82) is 0 Å². The normalized spacial score (nSPS) is 12.3. The molecule has 3 nitrogen and oxygen atoms in total. The zero-order valence-electron chi connectivity index (χ0n) is 7.09. The zero-order chi connectivity index (χ0) is 8.85. The molecule has 1 atom stereocenters. The summed E-state index contributed by atoms with van der Waals surface area (Å²) in [6.07, 6.45) is 0. The molecular weight excluding hydrogens is 142 g/mol. The molecule has 0 aromatic carbocycles. The smallest absolute Gasteiger partial charge is 0.333 e. The van der Waals surface area contributed by atoms with Crippen LogP contribution in [0.4, 0.5) is 0 Å². The Kier molecular flexibility index (Phi) is 4.54. The van der Waals surface area contributed by atoms with Gasteiger partial charge in [-0.3, -0.25) is 0 Å². The molecule has 0 spiro atoms. The number of rotatable bonds is 4. The van der Waals surface area contributed by atoms with Crippen molar-refractivity contribution >= 4 is 5.97 Å². The van der Waals surface area contributed by atoms with Crippen molar-refractivity contribution in [3.8, 4) is 0 Å². The average molecular weight is 157 g/mol. The average Bonchev–Trinajstić information content (AvgIpc) is 1.99. The summed E-state index contributed by atoms with van der Waals surface area (Å²) in [6.45, 7) is 7.90. The summed E-state index contributed by atoms with van der Waals surface area (Å²) < 4.78 is 4.84. The van der Waals surface area contributed by atoms with E-state index in [0.29, 0.717) is 18.7 Å². The van der Waals surface area contributed by atoms with E-state index in [4.69, 9.17) is 10.5 Å². The first-order chi connectivity index (χ1) is 5.07. The number of carbonyl (C=O) groups is 1. The minimum Gasteiger partial charge on any atom is -0.462 e. The Bertz CT molecular complexity index is 154. The zero-order valence-corrected chi connectivity index (χ0v) is 7.09. The Morgan fingerprint density at radius 2 is 2.27 bits per heavy atom. The Balaban J connectivity index is 3.54. The van der Waals surface area contributed by atoms with Gasteiger partial charge in [0.25, 0.3) is 0 Å². The van der Waals surface area contributed by atoms with E-state index in [1.165, 1.54) is 0 Å². The van der Waals surface area contributed by atoms with Gasteiger partial charge < -0.3 is 10.5 Å². The second-order valence-corrected chi connectivity index (χ2v) is 2.72. The summed E-state index contributed by atoms with van der Waals surface area (Å²) in [5.74, 6) is -0.122. The lowest BCUT2D eigenvalue weighted by Gasteiger charge is -2.08. The lowest BCUT2D eigenvalue weighted by molar-refractivity contribution is -0.140. The molecule has 0 saturated heterocycles. The predicted molar refractivity (Wildman–Crippen MR) is 44.0 cm³/mol. The van der Waals surface area contributed by atoms with E-state index < -0.39 is 0 Å². The summed E-state index contributed by atoms with van der Waals surface area (Å²) in [7, 11) is 0. The first-order valence-corrected chi connectivity index (χ1v) is 3.60. The summed E-state index contributed by atoms with van der Waals surface area (Å²) >= 11 is 0. The summed E-state index contributed by atoms with van der Waals surface area (Å²) in [6, 6.07) is 0. The minimum absolute atomic E-state index is 0.221. The maximum absolute atomic E-state index is 10.8. The van der Waals surface area contributed by atoms with Crippen LogP contribution in [0.1, 0.15) is 13.8 Å². The van der Waals surface area contributed by atoms with Crippen molar-refractivity contribution in [2.45, 2.75) is 13.8 Å². The van der Waals surface area contributed by atoms with Gasteiger partial charge in [0, 0.05) is 11.5 Å². The summed E-state index contributed by atoms with van der Waals surface area (Å²) in [4.78, 5) is 10.8. The van der Waals surface area contributed by atoms with Crippen molar-refractivity contribution in [3.63, 3.8) is 0 Å². The lowest BCUT2D eigenvalue weighted by Crippen LogP contribution is -2.19. The van der Waals surface area contributed by atoms with Crippen LogP contribution in [0.25, 0.3) is 0 Å². The molecule has 2 N–H and O–H groups in total. The Hall–Kier alpha value is -0.830. The molecule has 0 aliphatic carbocycles. The van der Waals surface area contributed by atoms with Crippen LogP contribution in [-0.2, 0) is 9.53 Å². The third-order valence-corrected chi connectivity index (χ3v) is 1.25. The van der Waals surface area contributed by atoms with Gasteiger partial charge in [-0.2, -0.15) is 0 Å². The monoisotopic (exact) mass is 157 g/mol. The molecular formula is C8H15NO2. The molecule has 11 heavy (non-hydrogen) atoms. The highest BCUT2D eigenvalue weighted by atomic mass is 16.5. The molecule has 0 aliphatic heterocycles. The molecule has 1 unspecified atom stereocenters. The van der Waals surface area contributed by atoms with Gasteiger partial charge in [-0.15, -0.1) is 0 Å². The largest absolute Gasteiger partial charge is 0.462 e. The molecule has 0 aromatic rings. The van der Waals surface area contributed by atoms with E-state index >= 15 is 0 Å². The van der Waals surface area contributed by atoms with Crippen molar-refractivity contribution in [3.05, 3.63) is 12.2 Å². The van der Waals surface area contributed by atoms with Crippen LogP contribution in [0.5, 0.6) is 0 Å². The van der Waals surface area contributed by atoms with Crippen molar-refractivity contribution < 1.29 is 9.53 Å². The maximum atomic E-state index is 10.8. The van der Waals surface area contributed by atoms with Crippen molar-refractivity contribution in [2.75, 3.05) is 13.2 Å². The SMILES string of the molecule is C=C(C)C(=O)OCC(C)CN. The molecule has 64 valence electrons. The molecule has 0 bridgehead atoms. The molecule has 0 radical (unpaired) electrons. The molecule has 0 heterocycles. The number of hydrogen-bond donors (Lipinski definition) is 1. The van der Waals surface area contributed by atoms with E-state index in [0.717, 1.165) is 0 Å².